The molecule has 0 aliphatic carbocycles. The Morgan fingerprint density at radius 1 is 1.37 bits per heavy atom. The van der Waals surface area contributed by atoms with E-state index in [0.717, 1.165) is 13.0 Å². The summed E-state index contributed by atoms with van der Waals surface area (Å²) in [6.07, 6.45) is 5.39. The number of anilines is 2. The highest BCUT2D eigenvalue weighted by Gasteiger charge is 2.11. The maximum Gasteiger partial charge on any atom is 0.301 e. The van der Waals surface area contributed by atoms with E-state index in [1.54, 1.807) is 13.1 Å². The van der Waals surface area contributed by atoms with Crippen molar-refractivity contribution in [2.24, 2.45) is 0 Å². The van der Waals surface area contributed by atoms with Crippen molar-refractivity contribution >= 4 is 17.7 Å². The van der Waals surface area contributed by atoms with Crippen LogP contribution in [0.25, 0.3) is 0 Å². The molecule has 2 aromatic rings. The zero-order valence-corrected chi connectivity index (χ0v) is 10.8. The van der Waals surface area contributed by atoms with E-state index in [0.29, 0.717) is 11.5 Å². The van der Waals surface area contributed by atoms with E-state index < -0.39 is 5.91 Å². The first-order valence-electron chi connectivity index (χ1n) is 5.98. The molecule has 1 amide bonds. The summed E-state index contributed by atoms with van der Waals surface area (Å²) < 4.78 is 5.04. The molecule has 0 saturated carbocycles. The Hall–Kier alpha value is -2.44. The van der Waals surface area contributed by atoms with Crippen LogP contribution in [-0.4, -0.2) is 27.4 Å². The predicted molar refractivity (Wildman–Crippen MR) is 70.0 cm³/mol. The van der Waals surface area contributed by atoms with Gasteiger partial charge in [0, 0.05) is 6.54 Å². The monoisotopic (exact) mass is 261 g/mol. The van der Waals surface area contributed by atoms with Crippen molar-refractivity contribution < 1.29 is 9.21 Å². The summed E-state index contributed by atoms with van der Waals surface area (Å²) in [5, 5.41) is 5.58. The third-order valence-electron chi connectivity index (χ3n) is 2.26. The maximum atomic E-state index is 11.9. The van der Waals surface area contributed by atoms with Crippen molar-refractivity contribution in [1.29, 1.82) is 0 Å². The van der Waals surface area contributed by atoms with E-state index >= 15 is 0 Å². The van der Waals surface area contributed by atoms with Gasteiger partial charge in [-0.3, -0.25) is 15.1 Å². The number of carbonyl (C=O) groups excluding carboxylic acids is 1. The topological polar surface area (TPSA) is 92.9 Å². The van der Waals surface area contributed by atoms with Gasteiger partial charge in [-0.2, -0.15) is 4.98 Å². The Morgan fingerprint density at radius 3 is 2.89 bits per heavy atom. The summed E-state index contributed by atoms with van der Waals surface area (Å²) >= 11 is 0. The first kappa shape index (κ1) is 13.0. The number of carbonyl (C=O) groups is 1. The average molecular weight is 261 g/mol. The van der Waals surface area contributed by atoms with Crippen LogP contribution in [-0.2, 0) is 0 Å². The van der Waals surface area contributed by atoms with Gasteiger partial charge in [-0.05, 0) is 13.3 Å². The molecule has 2 heterocycles. The molecule has 0 aliphatic heterocycles. The van der Waals surface area contributed by atoms with E-state index in [9.17, 15) is 4.79 Å². The SMILES string of the molecule is CCCNc1cncc(C(=O)Nc2nc(C)co2)n1. The molecule has 7 nitrogen and oxygen atoms in total. The third-order valence-corrected chi connectivity index (χ3v) is 2.26. The molecule has 19 heavy (non-hydrogen) atoms. The van der Waals surface area contributed by atoms with Gasteiger partial charge in [0.1, 0.15) is 17.8 Å². The van der Waals surface area contributed by atoms with E-state index in [2.05, 4.69) is 25.6 Å². The number of aromatic nitrogens is 3. The summed E-state index contributed by atoms with van der Waals surface area (Å²) in [6, 6.07) is 0.149. The van der Waals surface area contributed by atoms with Crippen LogP contribution >= 0.6 is 0 Å². The average Bonchev–Trinajstić information content (AvgIpc) is 2.82. The van der Waals surface area contributed by atoms with Crippen LogP contribution in [0.1, 0.15) is 29.5 Å². The molecule has 0 fully saturated rings. The molecular weight excluding hydrogens is 246 g/mol. The van der Waals surface area contributed by atoms with Gasteiger partial charge in [-0.25, -0.2) is 4.98 Å². The number of rotatable bonds is 5. The highest BCUT2D eigenvalue weighted by atomic mass is 16.4. The van der Waals surface area contributed by atoms with Crippen molar-refractivity contribution in [3.8, 4) is 0 Å². The fraction of sp³-hybridized carbons (Fsp3) is 0.333. The molecule has 0 atom stereocenters. The van der Waals surface area contributed by atoms with Gasteiger partial charge >= 0.3 is 6.01 Å². The summed E-state index contributed by atoms with van der Waals surface area (Å²) in [5.41, 5.74) is 0.900. The van der Waals surface area contributed by atoms with Gasteiger partial charge in [-0.15, -0.1) is 0 Å². The number of oxazole rings is 1. The second kappa shape index (κ2) is 5.94. The van der Waals surface area contributed by atoms with Gasteiger partial charge in [0.25, 0.3) is 5.91 Å². The van der Waals surface area contributed by atoms with Crippen LogP contribution in [0, 0.1) is 6.92 Å². The van der Waals surface area contributed by atoms with Gasteiger partial charge in [-0.1, -0.05) is 6.92 Å². The third kappa shape index (κ3) is 3.51. The number of hydrogen-bond donors (Lipinski definition) is 2. The van der Waals surface area contributed by atoms with Crippen molar-refractivity contribution in [1.82, 2.24) is 15.0 Å². The van der Waals surface area contributed by atoms with Gasteiger partial charge in [0.2, 0.25) is 0 Å². The normalized spacial score (nSPS) is 10.2. The van der Waals surface area contributed by atoms with Crippen LogP contribution < -0.4 is 10.6 Å². The van der Waals surface area contributed by atoms with Crippen LogP contribution in [0.15, 0.2) is 23.1 Å². The maximum absolute atomic E-state index is 11.9. The minimum atomic E-state index is -0.408. The molecule has 0 bridgehead atoms. The predicted octanol–water partition coefficient (Wildman–Crippen LogP) is 1.85. The second-order valence-electron chi connectivity index (χ2n) is 3.96. The van der Waals surface area contributed by atoms with Crippen molar-refractivity contribution in [3.05, 3.63) is 30.0 Å². The number of amides is 1. The summed E-state index contributed by atoms with van der Waals surface area (Å²) in [4.78, 5) is 24.0. The summed E-state index contributed by atoms with van der Waals surface area (Å²) in [5.74, 6) is 0.160. The Kier molecular flexibility index (Phi) is 4.07. The van der Waals surface area contributed by atoms with E-state index in [-0.39, 0.29) is 11.7 Å². The molecule has 0 unspecified atom stereocenters. The molecule has 2 aromatic heterocycles. The van der Waals surface area contributed by atoms with Gasteiger partial charge in [0.15, 0.2) is 0 Å². The van der Waals surface area contributed by atoms with Crippen molar-refractivity contribution in [3.63, 3.8) is 0 Å². The molecular formula is C12H15N5O2. The lowest BCUT2D eigenvalue weighted by molar-refractivity contribution is 0.101. The standard InChI is InChI=1S/C12H15N5O2/c1-3-4-14-10-6-13-5-9(16-10)11(18)17-12-15-8(2)7-19-12/h5-7H,3-4H2,1-2H3,(H,14,16)(H,15,17,18). The number of hydrogen-bond acceptors (Lipinski definition) is 6. The molecule has 2 rings (SSSR count). The lowest BCUT2D eigenvalue weighted by Crippen LogP contribution is -2.15. The second-order valence-corrected chi connectivity index (χ2v) is 3.96. The van der Waals surface area contributed by atoms with Crippen LogP contribution in [0.2, 0.25) is 0 Å². The van der Waals surface area contributed by atoms with Crippen LogP contribution in [0.3, 0.4) is 0 Å². The lowest BCUT2D eigenvalue weighted by Gasteiger charge is -2.04. The highest BCUT2D eigenvalue weighted by Crippen LogP contribution is 2.08. The largest absolute Gasteiger partial charge is 0.432 e. The van der Waals surface area contributed by atoms with Crippen molar-refractivity contribution in [2.45, 2.75) is 20.3 Å². The van der Waals surface area contributed by atoms with Crippen LogP contribution in [0.4, 0.5) is 11.8 Å². The summed E-state index contributed by atoms with van der Waals surface area (Å²) in [6.45, 7) is 4.59. The van der Waals surface area contributed by atoms with Crippen LogP contribution in [0.5, 0.6) is 0 Å². The highest BCUT2D eigenvalue weighted by molar-refractivity contribution is 6.01. The number of nitrogens with one attached hydrogen (secondary N) is 2. The van der Waals surface area contributed by atoms with Crippen molar-refractivity contribution in [2.75, 3.05) is 17.2 Å². The van der Waals surface area contributed by atoms with Gasteiger partial charge in [0.05, 0.1) is 18.1 Å². The Labute approximate surface area is 110 Å². The number of nitrogens with zero attached hydrogens (tertiary/aromatic N) is 3. The lowest BCUT2D eigenvalue weighted by atomic mass is 10.4. The molecule has 100 valence electrons. The molecule has 0 spiro atoms. The Bertz CT molecular complexity index is 567. The van der Waals surface area contributed by atoms with E-state index in [4.69, 9.17) is 4.42 Å². The molecule has 2 N–H and O–H groups in total. The zero-order chi connectivity index (χ0) is 13.7. The molecule has 0 aromatic carbocycles. The zero-order valence-electron chi connectivity index (χ0n) is 10.8. The minimum Gasteiger partial charge on any atom is -0.432 e. The number of aryl methyl sites for hydroxylation is 1. The Balaban J connectivity index is 2.06. The molecule has 0 radical (unpaired) electrons. The van der Waals surface area contributed by atoms with E-state index in [1.807, 2.05) is 6.92 Å². The van der Waals surface area contributed by atoms with Gasteiger partial charge < -0.3 is 9.73 Å². The molecule has 0 saturated heterocycles. The summed E-state index contributed by atoms with van der Waals surface area (Å²) in [7, 11) is 0. The smallest absolute Gasteiger partial charge is 0.301 e. The Morgan fingerprint density at radius 2 is 2.21 bits per heavy atom. The first-order valence-corrected chi connectivity index (χ1v) is 5.98. The molecule has 0 aliphatic rings. The minimum absolute atomic E-state index is 0.149. The first-order chi connectivity index (χ1) is 9.19. The fourth-order valence-corrected chi connectivity index (χ4v) is 1.39. The fourth-order valence-electron chi connectivity index (χ4n) is 1.39. The quantitative estimate of drug-likeness (QED) is 0.853. The molecule has 7 heteroatoms. The van der Waals surface area contributed by atoms with E-state index in [1.165, 1.54) is 12.5 Å².